The zero-order valence-corrected chi connectivity index (χ0v) is 14.2. The smallest absolute Gasteiger partial charge is 0.379 e. The van der Waals surface area contributed by atoms with Crippen LogP contribution in [0.4, 0.5) is 14.5 Å². The van der Waals surface area contributed by atoms with Crippen LogP contribution in [-0.2, 0) is 9.53 Å². The van der Waals surface area contributed by atoms with E-state index in [1.165, 1.54) is 19.1 Å². The summed E-state index contributed by atoms with van der Waals surface area (Å²) in [4.78, 5) is 13.3. The Balaban J connectivity index is 0.00000484. The molecule has 0 heterocycles. The highest BCUT2D eigenvalue weighted by Crippen LogP contribution is 2.36. The van der Waals surface area contributed by atoms with Crippen molar-refractivity contribution in [2.75, 3.05) is 24.6 Å². The van der Waals surface area contributed by atoms with Crippen LogP contribution >= 0.6 is 12.4 Å². The van der Waals surface area contributed by atoms with Gasteiger partial charge in [-0.05, 0) is 26.8 Å². The third-order valence-corrected chi connectivity index (χ3v) is 3.42. The first kappa shape index (κ1) is 21.4. The first-order valence-corrected chi connectivity index (χ1v) is 7.17. The molecule has 23 heavy (non-hydrogen) atoms. The summed E-state index contributed by atoms with van der Waals surface area (Å²) in [5.74, 6) is -5.99. The van der Waals surface area contributed by atoms with Gasteiger partial charge in [0.25, 0.3) is 0 Å². The molecule has 0 saturated heterocycles. The molecule has 8 heteroatoms. The second-order valence-corrected chi connectivity index (χ2v) is 4.74. The minimum Gasteiger partial charge on any atom is -0.508 e. The van der Waals surface area contributed by atoms with E-state index in [1.54, 1.807) is 6.07 Å². The molecule has 1 aromatic carbocycles. The van der Waals surface area contributed by atoms with Crippen molar-refractivity contribution in [2.45, 2.75) is 32.7 Å². The summed E-state index contributed by atoms with van der Waals surface area (Å²) < 4.78 is 32.2. The molecule has 0 saturated carbocycles. The molecule has 0 aliphatic rings. The second-order valence-electron chi connectivity index (χ2n) is 4.74. The van der Waals surface area contributed by atoms with Gasteiger partial charge in [0, 0.05) is 30.4 Å². The lowest BCUT2D eigenvalue weighted by atomic mass is 9.99. The number of aromatic hydroxyl groups is 1. The Hall–Kier alpha value is -1.60. The number of halogens is 3. The average Bonchev–Trinajstić information content (AvgIpc) is 2.48. The van der Waals surface area contributed by atoms with Gasteiger partial charge < -0.3 is 20.5 Å². The lowest BCUT2D eigenvalue weighted by molar-refractivity contribution is -0.174. The normalized spacial score (nSPS) is 12.3. The van der Waals surface area contributed by atoms with Gasteiger partial charge in [-0.1, -0.05) is 6.07 Å². The summed E-state index contributed by atoms with van der Waals surface area (Å²) in [7, 11) is 0. The van der Waals surface area contributed by atoms with Crippen LogP contribution in [0.2, 0.25) is 0 Å². The third-order valence-electron chi connectivity index (χ3n) is 3.42. The number of alkyl halides is 2. The predicted octanol–water partition coefficient (Wildman–Crippen LogP) is 2.86. The van der Waals surface area contributed by atoms with E-state index in [-0.39, 0.29) is 30.3 Å². The molecule has 5 nitrogen and oxygen atoms in total. The molecule has 132 valence electrons. The van der Waals surface area contributed by atoms with Crippen molar-refractivity contribution in [1.29, 1.82) is 0 Å². The molecule has 0 fully saturated rings. The average molecular weight is 353 g/mol. The van der Waals surface area contributed by atoms with Crippen molar-refractivity contribution in [3.8, 4) is 5.75 Å². The first-order valence-electron chi connectivity index (χ1n) is 7.17. The summed E-state index contributed by atoms with van der Waals surface area (Å²) in [5, 5.41) is 9.98. The van der Waals surface area contributed by atoms with Crippen molar-refractivity contribution >= 4 is 24.1 Å². The fraction of sp³-hybridized carbons (Fsp3) is 0.533. The number of carbonyl (C=O) groups is 1. The number of phenolic OH excluding ortho intramolecular Hbond substituents is 1. The van der Waals surface area contributed by atoms with Crippen LogP contribution in [-0.4, -0.2) is 36.7 Å². The van der Waals surface area contributed by atoms with E-state index in [9.17, 15) is 18.7 Å². The van der Waals surface area contributed by atoms with Gasteiger partial charge in [-0.2, -0.15) is 8.78 Å². The third kappa shape index (κ3) is 4.68. The number of ether oxygens (including phenoxy) is 1. The molecular formula is C15H23ClF2N2O3. The lowest BCUT2D eigenvalue weighted by Crippen LogP contribution is -2.41. The number of phenols is 1. The van der Waals surface area contributed by atoms with Crippen LogP contribution in [0.1, 0.15) is 32.4 Å². The van der Waals surface area contributed by atoms with E-state index in [4.69, 9.17) is 5.73 Å². The van der Waals surface area contributed by atoms with Crippen LogP contribution in [0.5, 0.6) is 5.75 Å². The zero-order chi connectivity index (χ0) is 16.9. The number of benzene rings is 1. The van der Waals surface area contributed by atoms with Gasteiger partial charge in [0.05, 0.1) is 6.61 Å². The minimum atomic E-state index is -3.91. The van der Waals surface area contributed by atoms with E-state index in [2.05, 4.69) is 4.74 Å². The number of hydrogen-bond donors (Lipinski definition) is 2. The number of esters is 1. The van der Waals surface area contributed by atoms with E-state index < -0.39 is 17.9 Å². The fourth-order valence-corrected chi connectivity index (χ4v) is 2.13. The van der Waals surface area contributed by atoms with Gasteiger partial charge in [0.1, 0.15) is 11.8 Å². The predicted molar refractivity (Wildman–Crippen MR) is 87.4 cm³/mol. The Morgan fingerprint density at radius 2 is 1.91 bits per heavy atom. The fourth-order valence-electron chi connectivity index (χ4n) is 2.13. The Labute approximate surface area is 140 Å². The first-order chi connectivity index (χ1) is 10.3. The summed E-state index contributed by atoms with van der Waals surface area (Å²) in [5.41, 5.74) is 5.96. The van der Waals surface area contributed by atoms with Crippen LogP contribution < -0.4 is 10.6 Å². The van der Waals surface area contributed by atoms with E-state index in [0.29, 0.717) is 18.8 Å². The zero-order valence-electron chi connectivity index (χ0n) is 13.4. The maximum Gasteiger partial charge on any atom is 0.379 e. The van der Waals surface area contributed by atoms with Crippen molar-refractivity contribution in [3.63, 3.8) is 0 Å². The van der Waals surface area contributed by atoms with Gasteiger partial charge in [-0.25, -0.2) is 4.79 Å². The molecule has 0 aliphatic heterocycles. The van der Waals surface area contributed by atoms with Crippen molar-refractivity contribution in [2.24, 2.45) is 5.73 Å². The quantitative estimate of drug-likeness (QED) is 0.738. The highest BCUT2D eigenvalue weighted by Gasteiger charge is 2.48. The van der Waals surface area contributed by atoms with Crippen LogP contribution in [0.15, 0.2) is 18.2 Å². The Morgan fingerprint density at radius 3 is 2.35 bits per heavy atom. The molecule has 0 radical (unpaired) electrons. The monoisotopic (exact) mass is 352 g/mol. The molecule has 1 rings (SSSR count). The molecule has 0 spiro atoms. The van der Waals surface area contributed by atoms with Crippen LogP contribution in [0.25, 0.3) is 0 Å². The summed E-state index contributed by atoms with van der Waals surface area (Å²) >= 11 is 0. The molecule has 0 bridgehead atoms. The van der Waals surface area contributed by atoms with Crippen molar-refractivity contribution < 1.29 is 23.4 Å². The molecule has 0 aliphatic carbocycles. The number of hydrogen-bond acceptors (Lipinski definition) is 5. The van der Waals surface area contributed by atoms with Crippen molar-refractivity contribution in [1.82, 2.24) is 0 Å². The lowest BCUT2D eigenvalue weighted by Gasteiger charge is -2.25. The summed E-state index contributed by atoms with van der Waals surface area (Å²) in [6, 6.07) is 2.28. The minimum absolute atomic E-state index is 0. The van der Waals surface area contributed by atoms with E-state index in [0.717, 1.165) is 0 Å². The number of anilines is 1. The maximum absolute atomic E-state index is 13.9. The Bertz CT molecular complexity index is 525. The summed E-state index contributed by atoms with van der Waals surface area (Å²) in [6.07, 6.45) is 0. The molecule has 1 atom stereocenters. The Kier molecular flexibility index (Phi) is 8.26. The van der Waals surface area contributed by atoms with Gasteiger partial charge in [0.15, 0.2) is 0 Å². The molecule has 3 N–H and O–H groups in total. The second kappa shape index (κ2) is 8.88. The number of nitrogens with zero attached hydrogens (tertiary/aromatic N) is 1. The maximum atomic E-state index is 13.9. The van der Waals surface area contributed by atoms with Gasteiger partial charge in [-0.15, -0.1) is 12.4 Å². The molecule has 0 aromatic heterocycles. The van der Waals surface area contributed by atoms with Gasteiger partial charge >= 0.3 is 11.9 Å². The number of rotatable bonds is 7. The molecule has 1 aromatic rings. The van der Waals surface area contributed by atoms with E-state index in [1.807, 2.05) is 18.7 Å². The highest BCUT2D eigenvalue weighted by atomic mass is 35.5. The molecule has 0 amide bonds. The topological polar surface area (TPSA) is 75.8 Å². The highest BCUT2D eigenvalue weighted by molar-refractivity contribution is 5.85. The van der Waals surface area contributed by atoms with Crippen molar-refractivity contribution in [3.05, 3.63) is 23.8 Å². The standard InChI is InChI=1S/C15H22F2N2O3.ClH/c1-4-19(5-2)10-7-8-11(12(20)9-10)13(18)15(16,17)14(21)22-6-3;/h7-9,13,20H,4-6,18H2,1-3H3;1H/t13-;/m0./s1. The molecule has 0 unspecified atom stereocenters. The Morgan fingerprint density at radius 1 is 1.35 bits per heavy atom. The van der Waals surface area contributed by atoms with Crippen LogP contribution in [0.3, 0.4) is 0 Å². The largest absolute Gasteiger partial charge is 0.508 e. The number of carbonyl (C=O) groups excluding carboxylic acids is 1. The van der Waals surface area contributed by atoms with Crippen LogP contribution in [0, 0.1) is 0 Å². The van der Waals surface area contributed by atoms with Gasteiger partial charge in [0.2, 0.25) is 0 Å². The van der Waals surface area contributed by atoms with E-state index >= 15 is 0 Å². The van der Waals surface area contributed by atoms with Gasteiger partial charge in [-0.3, -0.25) is 0 Å². The SMILES string of the molecule is CCOC(=O)C(F)(F)[C@@H](N)c1ccc(N(CC)CC)cc1O.Cl. The summed E-state index contributed by atoms with van der Waals surface area (Å²) in [6.45, 7) is 6.55. The molecular weight excluding hydrogens is 330 g/mol. The number of nitrogens with two attached hydrogens (primary N) is 1.